The molecule has 0 N–H and O–H groups in total. The van der Waals surface area contributed by atoms with Gasteiger partial charge in [-0.05, 0) is 24.3 Å². The summed E-state index contributed by atoms with van der Waals surface area (Å²) >= 11 is 11.4. The van der Waals surface area contributed by atoms with Gasteiger partial charge < -0.3 is 4.74 Å². The zero-order chi connectivity index (χ0) is 13.1. The van der Waals surface area contributed by atoms with Crippen LogP contribution in [0.15, 0.2) is 36.4 Å². The number of hydrogen-bond donors (Lipinski definition) is 0. The summed E-state index contributed by atoms with van der Waals surface area (Å²) in [6.45, 7) is 0. The number of ether oxygens (including phenoxy) is 1. The monoisotopic (exact) mass is 284 g/mol. The van der Waals surface area contributed by atoms with Gasteiger partial charge in [-0.2, -0.15) is 0 Å². The molecule has 0 bridgehead atoms. The number of pyridine rings is 1. The molecule has 0 fully saturated rings. The molecule has 7 heteroatoms. The summed E-state index contributed by atoms with van der Waals surface area (Å²) in [5.74, 6) is 0.514. The van der Waals surface area contributed by atoms with Gasteiger partial charge in [0.25, 0.3) is 5.69 Å². The minimum absolute atomic E-state index is 0.00633. The highest BCUT2D eigenvalue weighted by molar-refractivity contribution is 6.30. The Balaban J connectivity index is 2.28. The third kappa shape index (κ3) is 3.09. The lowest BCUT2D eigenvalue weighted by Gasteiger charge is -2.04. The van der Waals surface area contributed by atoms with Crippen molar-refractivity contribution in [3.05, 3.63) is 56.7 Å². The highest BCUT2D eigenvalue weighted by Crippen LogP contribution is 2.26. The maximum atomic E-state index is 10.6. The van der Waals surface area contributed by atoms with Crippen molar-refractivity contribution in [3.63, 3.8) is 0 Å². The Bertz CT molecular complexity index is 587. The maximum absolute atomic E-state index is 10.6. The Morgan fingerprint density at radius 1 is 1.17 bits per heavy atom. The molecule has 1 aromatic carbocycles. The van der Waals surface area contributed by atoms with Gasteiger partial charge in [0, 0.05) is 5.02 Å². The Kier molecular flexibility index (Phi) is 3.64. The molecule has 1 heterocycles. The molecule has 0 radical (unpaired) electrons. The Hall–Kier alpha value is -1.85. The highest BCUT2D eigenvalue weighted by Gasteiger charge is 2.11. The van der Waals surface area contributed by atoms with E-state index in [1.807, 2.05) is 0 Å². The first kappa shape index (κ1) is 12.6. The molecule has 0 aliphatic rings. The molecule has 2 rings (SSSR count). The Morgan fingerprint density at radius 2 is 1.83 bits per heavy atom. The van der Waals surface area contributed by atoms with Crippen LogP contribution in [-0.4, -0.2) is 9.91 Å². The lowest BCUT2D eigenvalue weighted by atomic mass is 10.3. The van der Waals surface area contributed by atoms with E-state index in [9.17, 15) is 10.1 Å². The SMILES string of the molecule is O=[N+]([O-])c1cc(Cl)nc(Oc2ccc(Cl)cc2)c1. The van der Waals surface area contributed by atoms with E-state index in [1.54, 1.807) is 24.3 Å². The third-order valence-electron chi connectivity index (χ3n) is 2.00. The van der Waals surface area contributed by atoms with Crippen molar-refractivity contribution in [2.24, 2.45) is 0 Å². The van der Waals surface area contributed by atoms with Crippen molar-refractivity contribution in [2.75, 3.05) is 0 Å². The molecule has 0 saturated heterocycles. The van der Waals surface area contributed by atoms with Gasteiger partial charge in [-0.25, -0.2) is 4.98 Å². The molecule has 0 aliphatic heterocycles. The summed E-state index contributed by atoms with van der Waals surface area (Å²) < 4.78 is 5.35. The van der Waals surface area contributed by atoms with E-state index in [-0.39, 0.29) is 16.7 Å². The largest absolute Gasteiger partial charge is 0.439 e. The predicted molar refractivity (Wildman–Crippen MR) is 67.4 cm³/mol. The molecular weight excluding hydrogens is 279 g/mol. The molecule has 1 aromatic heterocycles. The fourth-order valence-corrected chi connectivity index (χ4v) is 1.56. The first-order chi connectivity index (χ1) is 8.54. The molecule has 5 nitrogen and oxygen atoms in total. The van der Waals surface area contributed by atoms with Crippen LogP contribution in [-0.2, 0) is 0 Å². The van der Waals surface area contributed by atoms with Crippen molar-refractivity contribution in [3.8, 4) is 11.6 Å². The zero-order valence-corrected chi connectivity index (χ0v) is 10.4. The van der Waals surface area contributed by atoms with Crippen LogP contribution in [0.3, 0.4) is 0 Å². The third-order valence-corrected chi connectivity index (χ3v) is 2.45. The van der Waals surface area contributed by atoms with Crippen LogP contribution in [0.1, 0.15) is 0 Å². The molecule has 2 aromatic rings. The first-order valence-electron chi connectivity index (χ1n) is 4.80. The molecule has 0 atom stereocenters. The van der Waals surface area contributed by atoms with E-state index in [1.165, 1.54) is 6.07 Å². The number of halogens is 2. The van der Waals surface area contributed by atoms with E-state index in [0.29, 0.717) is 10.8 Å². The molecule has 0 unspecified atom stereocenters. The molecule has 92 valence electrons. The van der Waals surface area contributed by atoms with Crippen LogP contribution in [0.25, 0.3) is 0 Å². The summed E-state index contributed by atoms with van der Waals surface area (Å²) in [5, 5.41) is 11.2. The normalized spacial score (nSPS) is 10.1. The second-order valence-corrected chi connectivity index (χ2v) is 4.12. The quantitative estimate of drug-likeness (QED) is 0.484. The van der Waals surface area contributed by atoms with Crippen molar-refractivity contribution < 1.29 is 9.66 Å². The summed E-state index contributed by atoms with van der Waals surface area (Å²) in [6, 6.07) is 8.86. The van der Waals surface area contributed by atoms with Gasteiger partial charge in [0.15, 0.2) is 0 Å². The first-order valence-corrected chi connectivity index (χ1v) is 5.55. The fraction of sp³-hybridized carbons (Fsp3) is 0. The number of nitro groups is 1. The summed E-state index contributed by atoms with van der Waals surface area (Å²) in [4.78, 5) is 13.9. The van der Waals surface area contributed by atoms with Gasteiger partial charge in [0.05, 0.1) is 17.1 Å². The smallest absolute Gasteiger partial charge is 0.277 e. The van der Waals surface area contributed by atoms with Crippen LogP contribution >= 0.6 is 23.2 Å². The molecule has 0 spiro atoms. The minimum Gasteiger partial charge on any atom is -0.439 e. The van der Waals surface area contributed by atoms with E-state index in [2.05, 4.69) is 4.98 Å². The van der Waals surface area contributed by atoms with E-state index in [4.69, 9.17) is 27.9 Å². The Labute approximate surface area is 112 Å². The highest BCUT2D eigenvalue weighted by atomic mass is 35.5. The molecule has 0 saturated carbocycles. The van der Waals surface area contributed by atoms with Crippen molar-refractivity contribution in [2.45, 2.75) is 0 Å². The zero-order valence-electron chi connectivity index (χ0n) is 8.84. The molecule has 18 heavy (non-hydrogen) atoms. The van der Waals surface area contributed by atoms with Crippen LogP contribution < -0.4 is 4.74 Å². The van der Waals surface area contributed by atoms with Gasteiger partial charge in [-0.1, -0.05) is 23.2 Å². The van der Waals surface area contributed by atoms with Gasteiger partial charge in [0.2, 0.25) is 5.88 Å². The van der Waals surface area contributed by atoms with E-state index in [0.717, 1.165) is 6.07 Å². The number of benzene rings is 1. The number of rotatable bonds is 3. The average Bonchev–Trinajstić information content (AvgIpc) is 2.31. The summed E-state index contributed by atoms with van der Waals surface area (Å²) in [5.41, 5.74) is -0.182. The van der Waals surface area contributed by atoms with Crippen LogP contribution in [0.4, 0.5) is 5.69 Å². The van der Waals surface area contributed by atoms with Crippen LogP contribution in [0.2, 0.25) is 10.2 Å². The lowest BCUT2D eigenvalue weighted by molar-refractivity contribution is -0.385. The van der Waals surface area contributed by atoms with Crippen molar-refractivity contribution in [1.29, 1.82) is 0 Å². The minimum atomic E-state index is -0.567. The second-order valence-electron chi connectivity index (χ2n) is 3.30. The predicted octanol–water partition coefficient (Wildman–Crippen LogP) is 4.09. The van der Waals surface area contributed by atoms with Gasteiger partial charge in [-0.3, -0.25) is 10.1 Å². The van der Waals surface area contributed by atoms with Crippen LogP contribution in [0, 0.1) is 10.1 Å². The maximum Gasteiger partial charge on any atom is 0.277 e. The molecular formula is C11H6Cl2N2O3. The summed E-state index contributed by atoms with van der Waals surface area (Å²) in [7, 11) is 0. The number of hydrogen-bond acceptors (Lipinski definition) is 4. The van der Waals surface area contributed by atoms with Crippen molar-refractivity contribution >= 4 is 28.9 Å². The standard InChI is InChI=1S/C11H6Cl2N2O3/c12-7-1-3-9(4-2-7)18-11-6-8(15(16)17)5-10(13)14-11/h1-6H. The molecule has 0 amide bonds. The summed E-state index contributed by atoms with van der Waals surface area (Å²) in [6.07, 6.45) is 0. The van der Waals surface area contributed by atoms with Gasteiger partial charge >= 0.3 is 0 Å². The topological polar surface area (TPSA) is 65.3 Å². The number of nitrogens with zero attached hydrogens (tertiary/aromatic N) is 2. The fourth-order valence-electron chi connectivity index (χ4n) is 1.24. The average molecular weight is 285 g/mol. The lowest BCUT2D eigenvalue weighted by Crippen LogP contribution is -1.93. The van der Waals surface area contributed by atoms with E-state index < -0.39 is 4.92 Å². The second kappa shape index (κ2) is 5.20. The Morgan fingerprint density at radius 3 is 2.44 bits per heavy atom. The molecule has 0 aliphatic carbocycles. The van der Waals surface area contributed by atoms with Crippen molar-refractivity contribution in [1.82, 2.24) is 4.98 Å². The number of aromatic nitrogens is 1. The van der Waals surface area contributed by atoms with Gasteiger partial charge in [-0.15, -0.1) is 0 Å². The van der Waals surface area contributed by atoms with Gasteiger partial charge in [0.1, 0.15) is 10.9 Å². The van der Waals surface area contributed by atoms with Crippen LogP contribution in [0.5, 0.6) is 11.6 Å². The van der Waals surface area contributed by atoms with E-state index >= 15 is 0 Å².